The first kappa shape index (κ1) is 16.1. The van der Waals surface area contributed by atoms with Gasteiger partial charge in [0, 0.05) is 6.04 Å². The van der Waals surface area contributed by atoms with Crippen LogP contribution in [-0.4, -0.2) is 44.9 Å². The van der Waals surface area contributed by atoms with Gasteiger partial charge in [0.1, 0.15) is 17.4 Å². The van der Waals surface area contributed by atoms with Crippen LogP contribution in [0.25, 0.3) is 0 Å². The lowest BCUT2D eigenvalue weighted by atomic mass is 9.88. The second-order valence-electron chi connectivity index (χ2n) is 6.50. The summed E-state index contributed by atoms with van der Waals surface area (Å²) in [5.74, 6) is -0.849. The third-order valence-electron chi connectivity index (χ3n) is 3.52. The maximum Gasteiger partial charge on any atom is 0.411 e. The van der Waals surface area contributed by atoms with Crippen molar-refractivity contribution in [1.29, 1.82) is 0 Å². The number of carbonyl (C=O) groups is 2. The van der Waals surface area contributed by atoms with E-state index in [1.807, 2.05) is 0 Å². The van der Waals surface area contributed by atoms with E-state index in [9.17, 15) is 19.8 Å². The van der Waals surface area contributed by atoms with Crippen LogP contribution in [0.15, 0.2) is 24.3 Å². The Hall–Kier alpha value is -2.24. The summed E-state index contributed by atoms with van der Waals surface area (Å²) in [4.78, 5) is 24.7. The summed E-state index contributed by atoms with van der Waals surface area (Å²) >= 11 is 0. The number of rotatable bonds is 3. The largest absolute Gasteiger partial charge is 0.508 e. The van der Waals surface area contributed by atoms with Crippen LogP contribution in [0, 0.1) is 0 Å². The summed E-state index contributed by atoms with van der Waals surface area (Å²) < 4.78 is 5.29. The summed E-state index contributed by atoms with van der Waals surface area (Å²) in [5, 5.41) is 18.5. The Morgan fingerprint density at radius 2 is 1.86 bits per heavy atom. The fourth-order valence-electron chi connectivity index (χ4n) is 2.50. The molecule has 1 aliphatic heterocycles. The van der Waals surface area contributed by atoms with Gasteiger partial charge >= 0.3 is 12.1 Å². The molecule has 1 aromatic rings. The number of phenols is 1. The molecule has 1 fully saturated rings. The van der Waals surface area contributed by atoms with Crippen LogP contribution < -0.4 is 0 Å². The van der Waals surface area contributed by atoms with Crippen molar-refractivity contribution in [3.05, 3.63) is 29.8 Å². The van der Waals surface area contributed by atoms with Crippen LogP contribution in [-0.2, 0) is 16.0 Å². The van der Waals surface area contributed by atoms with Crippen LogP contribution in [0.1, 0.15) is 32.8 Å². The molecular weight excluding hydrogens is 286 g/mol. The number of aromatic hydroxyl groups is 1. The van der Waals surface area contributed by atoms with Crippen molar-refractivity contribution >= 4 is 12.1 Å². The lowest BCUT2D eigenvalue weighted by Crippen LogP contribution is -2.63. The Bertz CT molecular complexity index is 561. The standard InChI is InChI=1S/C16H21NO5/c1-16(2,3)22-15(21)17-11(9-13(17)14(19)20)8-10-4-6-12(18)7-5-10/h4-7,11,13,18H,8-9H2,1-3H3,(H,19,20)/t11-,13?/m0/s1. The van der Waals surface area contributed by atoms with Crippen molar-refractivity contribution < 1.29 is 24.5 Å². The smallest absolute Gasteiger partial charge is 0.411 e. The van der Waals surface area contributed by atoms with Crippen molar-refractivity contribution in [2.45, 2.75) is 51.3 Å². The molecule has 1 amide bonds. The highest BCUT2D eigenvalue weighted by atomic mass is 16.6. The number of aliphatic carboxylic acids is 1. The molecule has 1 saturated heterocycles. The third kappa shape index (κ3) is 3.69. The van der Waals surface area contributed by atoms with Crippen molar-refractivity contribution in [3.63, 3.8) is 0 Å². The molecule has 120 valence electrons. The molecule has 2 atom stereocenters. The molecule has 6 nitrogen and oxygen atoms in total. The first-order valence-corrected chi connectivity index (χ1v) is 7.19. The van der Waals surface area contributed by atoms with Gasteiger partial charge < -0.3 is 14.9 Å². The fourth-order valence-corrected chi connectivity index (χ4v) is 2.50. The minimum Gasteiger partial charge on any atom is -0.508 e. The fraction of sp³-hybridized carbons (Fsp3) is 0.500. The molecule has 2 rings (SSSR count). The molecular formula is C16H21NO5. The predicted molar refractivity (Wildman–Crippen MR) is 79.7 cm³/mol. The van der Waals surface area contributed by atoms with E-state index in [1.54, 1.807) is 45.0 Å². The number of hydrogen-bond acceptors (Lipinski definition) is 4. The Kier molecular flexibility index (Phi) is 4.30. The molecule has 1 unspecified atom stereocenters. The van der Waals surface area contributed by atoms with Crippen molar-refractivity contribution in [1.82, 2.24) is 4.90 Å². The van der Waals surface area contributed by atoms with Crippen LogP contribution in [0.4, 0.5) is 4.79 Å². The number of phenolic OH excluding ortho intramolecular Hbond substituents is 1. The summed E-state index contributed by atoms with van der Waals surface area (Å²) in [6.07, 6.45) is 0.327. The van der Waals surface area contributed by atoms with Crippen LogP contribution in [0.3, 0.4) is 0 Å². The lowest BCUT2D eigenvalue weighted by Gasteiger charge is -2.46. The molecule has 0 radical (unpaired) electrons. The van der Waals surface area contributed by atoms with Gasteiger partial charge in [0.25, 0.3) is 0 Å². The van der Waals surface area contributed by atoms with E-state index >= 15 is 0 Å². The molecule has 6 heteroatoms. The maximum absolute atomic E-state index is 12.2. The summed E-state index contributed by atoms with van der Waals surface area (Å²) in [7, 11) is 0. The first-order valence-electron chi connectivity index (χ1n) is 7.19. The number of amides is 1. The molecule has 0 saturated carbocycles. The SMILES string of the molecule is CC(C)(C)OC(=O)N1C(C(=O)O)C[C@@H]1Cc1ccc(O)cc1. The first-order chi connectivity index (χ1) is 10.2. The van der Waals surface area contributed by atoms with Gasteiger partial charge in [0.15, 0.2) is 0 Å². The van der Waals surface area contributed by atoms with Gasteiger partial charge in [0.2, 0.25) is 0 Å². The second-order valence-corrected chi connectivity index (χ2v) is 6.50. The Morgan fingerprint density at radius 1 is 1.27 bits per heavy atom. The van der Waals surface area contributed by atoms with Crippen molar-refractivity contribution in [3.8, 4) is 5.75 Å². The number of nitrogens with zero attached hydrogens (tertiary/aromatic N) is 1. The number of benzene rings is 1. The van der Waals surface area contributed by atoms with Crippen LogP contribution >= 0.6 is 0 Å². The zero-order valence-corrected chi connectivity index (χ0v) is 12.9. The minimum atomic E-state index is -1.02. The molecule has 0 spiro atoms. The molecule has 22 heavy (non-hydrogen) atoms. The van der Waals surface area contributed by atoms with Gasteiger partial charge in [-0.25, -0.2) is 9.59 Å². The highest BCUT2D eigenvalue weighted by Gasteiger charge is 2.47. The number of carboxylic acid groups (broad SMARTS) is 1. The molecule has 0 bridgehead atoms. The Balaban J connectivity index is 2.09. The molecule has 0 aliphatic carbocycles. The van der Waals surface area contributed by atoms with Gasteiger partial charge in [-0.2, -0.15) is 0 Å². The van der Waals surface area contributed by atoms with Gasteiger partial charge in [0.05, 0.1) is 0 Å². The number of ether oxygens (including phenoxy) is 1. The van der Waals surface area contributed by atoms with Crippen LogP contribution in [0.5, 0.6) is 5.75 Å². The normalized spacial score (nSPS) is 21.1. The topological polar surface area (TPSA) is 87.1 Å². The number of likely N-dealkylation sites (tertiary alicyclic amines) is 1. The number of carbonyl (C=O) groups excluding carboxylic acids is 1. The average molecular weight is 307 g/mol. The minimum absolute atomic E-state index is 0.171. The summed E-state index contributed by atoms with van der Waals surface area (Å²) in [6, 6.07) is 5.62. The van der Waals surface area contributed by atoms with Crippen LogP contribution in [0.2, 0.25) is 0 Å². The number of carboxylic acids is 1. The van der Waals surface area contributed by atoms with E-state index in [-0.39, 0.29) is 11.8 Å². The van der Waals surface area contributed by atoms with E-state index in [1.165, 1.54) is 4.90 Å². The van der Waals surface area contributed by atoms with E-state index < -0.39 is 23.7 Å². The van der Waals surface area contributed by atoms with Gasteiger partial charge in [-0.05, 0) is 51.3 Å². The molecule has 2 N–H and O–H groups in total. The quantitative estimate of drug-likeness (QED) is 0.895. The van der Waals surface area contributed by atoms with Gasteiger partial charge in [-0.15, -0.1) is 0 Å². The third-order valence-corrected chi connectivity index (χ3v) is 3.52. The number of hydrogen-bond donors (Lipinski definition) is 2. The zero-order chi connectivity index (χ0) is 16.5. The second kappa shape index (κ2) is 5.87. The van der Waals surface area contributed by atoms with Crippen molar-refractivity contribution in [2.75, 3.05) is 0 Å². The molecule has 1 heterocycles. The van der Waals surface area contributed by atoms with Gasteiger partial charge in [-0.3, -0.25) is 4.90 Å². The molecule has 1 aliphatic rings. The Labute approximate surface area is 129 Å². The van der Waals surface area contributed by atoms with E-state index in [0.717, 1.165) is 5.56 Å². The highest BCUT2D eigenvalue weighted by Crippen LogP contribution is 2.31. The van der Waals surface area contributed by atoms with E-state index in [2.05, 4.69) is 0 Å². The van der Waals surface area contributed by atoms with Crippen molar-refractivity contribution in [2.24, 2.45) is 0 Å². The highest BCUT2D eigenvalue weighted by molar-refractivity contribution is 5.82. The van der Waals surface area contributed by atoms with E-state index in [4.69, 9.17) is 4.74 Å². The van der Waals surface area contributed by atoms with E-state index in [0.29, 0.717) is 12.8 Å². The summed E-state index contributed by atoms with van der Waals surface area (Å²) in [5.41, 5.74) is 0.263. The predicted octanol–water partition coefficient (Wildman–Crippen LogP) is 2.40. The molecule has 0 aromatic heterocycles. The molecule has 1 aromatic carbocycles. The lowest BCUT2D eigenvalue weighted by molar-refractivity contribution is -0.151. The monoisotopic (exact) mass is 307 g/mol. The Morgan fingerprint density at radius 3 is 2.36 bits per heavy atom. The zero-order valence-electron chi connectivity index (χ0n) is 12.9. The average Bonchev–Trinajstić information content (AvgIpc) is 2.33. The maximum atomic E-state index is 12.2. The van der Waals surface area contributed by atoms with Gasteiger partial charge in [-0.1, -0.05) is 12.1 Å². The summed E-state index contributed by atoms with van der Waals surface area (Å²) in [6.45, 7) is 5.24.